The predicted molar refractivity (Wildman–Crippen MR) is 121 cm³/mol. The van der Waals surface area contributed by atoms with Gasteiger partial charge in [0.1, 0.15) is 5.75 Å². The van der Waals surface area contributed by atoms with E-state index >= 15 is 0 Å². The van der Waals surface area contributed by atoms with Crippen LogP contribution < -0.4 is 9.47 Å². The number of aromatic nitrogens is 2. The van der Waals surface area contributed by atoms with E-state index in [1.807, 2.05) is 0 Å². The Balaban J connectivity index is 1.79. The van der Waals surface area contributed by atoms with Crippen LogP contribution in [0.2, 0.25) is 0 Å². The van der Waals surface area contributed by atoms with Crippen molar-refractivity contribution in [1.82, 2.24) is 9.97 Å². The van der Waals surface area contributed by atoms with E-state index in [2.05, 4.69) is 23.8 Å². The molecule has 0 spiro atoms. The van der Waals surface area contributed by atoms with Gasteiger partial charge in [0.25, 0.3) is 0 Å². The van der Waals surface area contributed by atoms with E-state index in [0.717, 1.165) is 50.5 Å². The van der Waals surface area contributed by atoms with Crippen molar-refractivity contribution < 1.29 is 19.1 Å². The zero-order chi connectivity index (χ0) is 22.3. The van der Waals surface area contributed by atoms with Gasteiger partial charge in [0.15, 0.2) is 11.6 Å². The Morgan fingerprint density at radius 1 is 0.677 bits per heavy atom. The van der Waals surface area contributed by atoms with E-state index in [1.54, 1.807) is 24.3 Å². The van der Waals surface area contributed by atoms with Crippen LogP contribution in [0.3, 0.4) is 0 Å². The van der Waals surface area contributed by atoms with E-state index < -0.39 is 0 Å². The lowest BCUT2D eigenvalue weighted by atomic mass is 10.1. The highest BCUT2D eigenvalue weighted by Gasteiger charge is 2.09. The molecule has 0 N–H and O–H groups in total. The molecule has 0 fully saturated rings. The van der Waals surface area contributed by atoms with Crippen LogP contribution in [0.1, 0.15) is 84.5 Å². The summed E-state index contributed by atoms with van der Waals surface area (Å²) in [5, 5.41) is 0. The van der Waals surface area contributed by atoms with Gasteiger partial charge in [0.05, 0.1) is 12.4 Å². The Hall–Kier alpha value is -2.76. The fourth-order valence-corrected chi connectivity index (χ4v) is 3.12. The van der Waals surface area contributed by atoms with Crippen LogP contribution in [0.4, 0.5) is 0 Å². The molecule has 0 unspecified atom stereocenters. The van der Waals surface area contributed by atoms with Crippen LogP contribution in [0.15, 0.2) is 36.7 Å². The van der Waals surface area contributed by atoms with E-state index in [1.165, 1.54) is 25.2 Å². The first-order valence-corrected chi connectivity index (χ1v) is 11.5. The second-order valence-electron chi connectivity index (χ2n) is 7.69. The largest absolute Gasteiger partial charge is 0.427 e. The van der Waals surface area contributed by atoms with Crippen LogP contribution >= 0.6 is 0 Å². The second kappa shape index (κ2) is 14.3. The molecule has 1 heterocycles. The molecule has 168 valence electrons. The molecule has 0 bridgehead atoms. The Labute approximate surface area is 185 Å². The first-order valence-electron chi connectivity index (χ1n) is 11.5. The summed E-state index contributed by atoms with van der Waals surface area (Å²) in [6, 6.07) is 7.08. The minimum atomic E-state index is -0.260. The van der Waals surface area contributed by atoms with Crippen molar-refractivity contribution in [2.75, 3.05) is 0 Å². The van der Waals surface area contributed by atoms with Crippen molar-refractivity contribution >= 4 is 11.9 Å². The summed E-state index contributed by atoms with van der Waals surface area (Å²) >= 11 is 0. The highest BCUT2D eigenvalue weighted by molar-refractivity contribution is 5.73. The van der Waals surface area contributed by atoms with Crippen molar-refractivity contribution in [1.29, 1.82) is 0 Å². The van der Waals surface area contributed by atoms with Crippen molar-refractivity contribution in [3.63, 3.8) is 0 Å². The molecule has 1 aromatic carbocycles. The van der Waals surface area contributed by atoms with Gasteiger partial charge in [-0.15, -0.1) is 0 Å². The fraction of sp³-hybridized carbons (Fsp3) is 0.520. The first-order chi connectivity index (χ1) is 15.1. The molecular weight excluding hydrogens is 392 g/mol. The molecule has 0 radical (unpaired) electrons. The molecule has 0 saturated carbocycles. The van der Waals surface area contributed by atoms with Crippen molar-refractivity contribution in [2.24, 2.45) is 0 Å². The average molecular weight is 427 g/mol. The predicted octanol–water partition coefficient (Wildman–Crippen LogP) is 6.29. The third kappa shape index (κ3) is 9.73. The standard InChI is InChI=1S/C25H34N2O4/c1-3-5-7-9-11-13-23(28)30-21-16-14-20(15-17-21)25-26-18-22(19-27-25)31-24(29)12-10-8-6-4-2/h14-19H,3-13H2,1-2H3. The van der Waals surface area contributed by atoms with Gasteiger partial charge in [0.2, 0.25) is 0 Å². The summed E-state index contributed by atoms with van der Waals surface area (Å²) < 4.78 is 10.7. The Morgan fingerprint density at radius 3 is 1.71 bits per heavy atom. The van der Waals surface area contributed by atoms with Crippen molar-refractivity contribution in [2.45, 2.75) is 84.5 Å². The number of benzene rings is 1. The molecule has 2 rings (SSSR count). The van der Waals surface area contributed by atoms with Crippen LogP contribution in [-0.2, 0) is 9.59 Å². The minimum absolute atomic E-state index is 0.207. The van der Waals surface area contributed by atoms with Gasteiger partial charge in [-0.3, -0.25) is 9.59 Å². The van der Waals surface area contributed by atoms with Crippen LogP contribution in [0.25, 0.3) is 11.4 Å². The molecule has 31 heavy (non-hydrogen) atoms. The normalized spacial score (nSPS) is 10.6. The zero-order valence-corrected chi connectivity index (χ0v) is 18.8. The molecule has 2 aromatic rings. The lowest BCUT2D eigenvalue weighted by molar-refractivity contribution is -0.135. The van der Waals surface area contributed by atoms with Crippen molar-refractivity contribution in [3.05, 3.63) is 36.7 Å². The minimum Gasteiger partial charge on any atom is -0.427 e. The highest BCUT2D eigenvalue weighted by Crippen LogP contribution is 2.21. The van der Waals surface area contributed by atoms with Crippen molar-refractivity contribution in [3.8, 4) is 22.9 Å². The maximum atomic E-state index is 11.9. The van der Waals surface area contributed by atoms with Crippen LogP contribution in [0, 0.1) is 0 Å². The second-order valence-corrected chi connectivity index (χ2v) is 7.69. The number of carbonyl (C=O) groups is 2. The summed E-state index contributed by atoms with van der Waals surface area (Å²) in [5.41, 5.74) is 0.789. The van der Waals surface area contributed by atoms with Gasteiger partial charge in [-0.05, 0) is 37.1 Å². The lowest BCUT2D eigenvalue weighted by Crippen LogP contribution is -2.08. The summed E-state index contributed by atoms with van der Waals surface area (Å²) in [6.45, 7) is 4.30. The van der Waals surface area contributed by atoms with Gasteiger partial charge in [-0.25, -0.2) is 9.97 Å². The SMILES string of the molecule is CCCCCCCC(=O)Oc1ccc(-c2ncc(OC(=O)CCCCCC)cn2)cc1. The highest BCUT2D eigenvalue weighted by atomic mass is 16.5. The number of carbonyl (C=O) groups excluding carboxylic acids is 2. The van der Waals surface area contributed by atoms with E-state index in [-0.39, 0.29) is 11.9 Å². The summed E-state index contributed by atoms with van der Waals surface area (Å²) in [6.07, 6.45) is 13.4. The van der Waals surface area contributed by atoms with E-state index in [0.29, 0.717) is 30.2 Å². The van der Waals surface area contributed by atoms with Gasteiger partial charge in [0, 0.05) is 18.4 Å². The molecule has 0 saturated heterocycles. The maximum absolute atomic E-state index is 11.9. The Morgan fingerprint density at radius 2 is 1.16 bits per heavy atom. The average Bonchev–Trinajstić information content (AvgIpc) is 2.78. The number of unbranched alkanes of at least 4 members (excludes halogenated alkanes) is 7. The quantitative estimate of drug-likeness (QED) is 0.201. The molecule has 0 aliphatic heterocycles. The number of ether oxygens (including phenoxy) is 2. The zero-order valence-electron chi connectivity index (χ0n) is 18.8. The molecule has 0 amide bonds. The smallest absolute Gasteiger partial charge is 0.311 e. The van der Waals surface area contributed by atoms with E-state index in [4.69, 9.17) is 9.47 Å². The number of esters is 2. The number of rotatable bonds is 14. The van der Waals surface area contributed by atoms with Gasteiger partial charge in [-0.1, -0.05) is 58.8 Å². The molecule has 6 nitrogen and oxygen atoms in total. The molecule has 1 aromatic heterocycles. The third-order valence-electron chi connectivity index (χ3n) is 4.92. The first kappa shape index (κ1) is 24.5. The summed E-state index contributed by atoms with van der Waals surface area (Å²) in [7, 11) is 0. The molecule has 0 atom stereocenters. The molecule has 0 aliphatic carbocycles. The monoisotopic (exact) mass is 426 g/mol. The van der Waals surface area contributed by atoms with Crippen LogP contribution in [0.5, 0.6) is 11.5 Å². The molecule has 6 heteroatoms. The third-order valence-corrected chi connectivity index (χ3v) is 4.92. The van der Waals surface area contributed by atoms with Gasteiger partial charge < -0.3 is 9.47 Å². The topological polar surface area (TPSA) is 78.4 Å². The summed E-state index contributed by atoms with van der Waals surface area (Å²) in [4.78, 5) is 32.3. The van der Waals surface area contributed by atoms with Gasteiger partial charge in [-0.2, -0.15) is 0 Å². The fourth-order valence-electron chi connectivity index (χ4n) is 3.12. The number of nitrogens with zero attached hydrogens (tertiary/aromatic N) is 2. The molecular formula is C25H34N2O4. The number of hydrogen-bond donors (Lipinski definition) is 0. The molecule has 0 aliphatic rings. The van der Waals surface area contributed by atoms with Gasteiger partial charge >= 0.3 is 11.9 Å². The Kier molecular flexibility index (Phi) is 11.3. The Bertz CT molecular complexity index is 788. The van der Waals surface area contributed by atoms with Crippen LogP contribution in [-0.4, -0.2) is 21.9 Å². The number of hydrogen-bond acceptors (Lipinski definition) is 6. The van der Waals surface area contributed by atoms with E-state index in [9.17, 15) is 9.59 Å². The lowest BCUT2D eigenvalue weighted by Gasteiger charge is -2.07. The maximum Gasteiger partial charge on any atom is 0.311 e. The summed E-state index contributed by atoms with van der Waals surface area (Å²) in [5.74, 6) is 0.895.